The predicted octanol–water partition coefficient (Wildman–Crippen LogP) is 2.53. The van der Waals surface area contributed by atoms with E-state index >= 15 is 0 Å². The van der Waals surface area contributed by atoms with Crippen molar-refractivity contribution in [3.63, 3.8) is 0 Å². The van der Waals surface area contributed by atoms with Gasteiger partial charge in [0.15, 0.2) is 0 Å². The first kappa shape index (κ1) is 13.6. The molecule has 9 heteroatoms. The van der Waals surface area contributed by atoms with E-state index < -0.39 is 16.9 Å². The van der Waals surface area contributed by atoms with Crippen molar-refractivity contribution in [1.82, 2.24) is 20.4 Å². The Kier molecular flexibility index (Phi) is 3.89. The monoisotopic (exact) mass is 291 g/mol. The summed E-state index contributed by atoms with van der Waals surface area (Å²) in [5.74, 6) is 0.279. The number of nitrogens with zero attached hydrogens (tertiary/aromatic N) is 3. The molecule has 0 aliphatic heterocycles. The summed E-state index contributed by atoms with van der Waals surface area (Å²) in [7, 11) is 0. The summed E-state index contributed by atoms with van der Waals surface area (Å²) in [4.78, 5) is 3.65. The zero-order chi connectivity index (χ0) is 13.9. The highest BCUT2D eigenvalue weighted by atomic mass is 35.5. The van der Waals surface area contributed by atoms with Crippen LogP contribution in [0.5, 0.6) is 0 Å². The van der Waals surface area contributed by atoms with Gasteiger partial charge >= 0.3 is 6.18 Å². The first-order chi connectivity index (χ1) is 8.97. The Morgan fingerprint density at radius 3 is 2.68 bits per heavy atom. The molecular weight excluding hydrogens is 283 g/mol. The molecule has 2 heterocycles. The second-order valence-corrected chi connectivity index (χ2v) is 4.03. The van der Waals surface area contributed by atoms with Crippen LogP contribution < -0.4 is 5.32 Å². The summed E-state index contributed by atoms with van der Waals surface area (Å²) in [5.41, 5.74) is -0.207. The molecule has 0 atom stereocenters. The number of anilines is 1. The Bertz CT molecular complexity index is 541. The summed E-state index contributed by atoms with van der Waals surface area (Å²) in [5, 5.41) is 12.2. The molecule has 102 valence electrons. The molecule has 0 bridgehead atoms. The average molecular weight is 292 g/mol. The molecule has 19 heavy (non-hydrogen) atoms. The fraction of sp³-hybridized carbons (Fsp3) is 0.300. The van der Waals surface area contributed by atoms with E-state index in [0.717, 1.165) is 11.8 Å². The molecule has 0 unspecified atom stereocenters. The van der Waals surface area contributed by atoms with Crippen molar-refractivity contribution >= 4 is 17.4 Å². The van der Waals surface area contributed by atoms with Crippen LogP contribution in [-0.2, 0) is 12.6 Å². The molecule has 0 saturated heterocycles. The molecule has 0 aromatic carbocycles. The van der Waals surface area contributed by atoms with Crippen LogP contribution in [0.4, 0.5) is 19.0 Å². The average Bonchev–Trinajstić information content (AvgIpc) is 2.80. The molecule has 0 radical (unpaired) electrons. The Balaban J connectivity index is 1.97. The van der Waals surface area contributed by atoms with Crippen LogP contribution in [0.3, 0.4) is 0 Å². The van der Waals surface area contributed by atoms with Gasteiger partial charge in [0.25, 0.3) is 0 Å². The summed E-state index contributed by atoms with van der Waals surface area (Å²) in [6.45, 7) is 0.460. The lowest BCUT2D eigenvalue weighted by Gasteiger charge is -2.10. The molecule has 2 aromatic rings. The van der Waals surface area contributed by atoms with Crippen molar-refractivity contribution in [3.05, 3.63) is 34.7 Å². The number of H-pyrrole nitrogens is 1. The molecule has 2 aromatic heterocycles. The normalized spacial score (nSPS) is 11.6. The van der Waals surface area contributed by atoms with Crippen molar-refractivity contribution in [3.8, 4) is 0 Å². The third-order valence-electron chi connectivity index (χ3n) is 2.31. The molecule has 0 saturated carbocycles. The summed E-state index contributed by atoms with van der Waals surface area (Å²) in [6.07, 6.45) is -2.37. The van der Waals surface area contributed by atoms with Gasteiger partial charge in [0.1, 0.15) is 11.0 Å². The highest BCUT2D eigenvalue weighted by Gasteiger charge is 2.33. The Morgan fingerprint density at radius 1 is 1.32 bits per heavy atom. The van der Waals surface area contributed by atoms with Crippen molar-refractivity contribution in [1.29, 1.82) is 0 Å². The molecule has 0 aliphatic rings. The van der Waals surface area contributed by atoms with Crippen molar-refractivity contribution in [2.24, 2.45) is 0 Å². The molecule has 0 spiro atoms. The van der Waals surface area contributed by atoms with E-state index in [-0.39, 0.29) is 5.82 Å². The number of rotatable bonds is 4. The number of alkyl halides is 3. The number of aromatic nitrogens is 4. The second kappa shape index (κ2) is 5.43. The number of pyridine rings is 1. The van der Waals surface area contributed by atoms with E-state index in [1.807, 2.05) is 0 Å². The van der Waals surface area contributed by atoms with Gasteiger partial charge in [0.05, 0.1) is 17.5 Å². The molecule has 0 fully saturated rings. The maximum absolute atomic E-state index is 12.5. The smallest absolute Gasteiger partial charge is 0.370 e. The highest BCUT2D eigenvalue weighted by molar-refractivity contribution is 6.30. The maximum atomic E-state index is 12.5. The number of hydrogen-bond donors (Lipinski definition) is 2. The van der Waals surface area contributed by atoms with Crippen molar-refractivity contribution in [2.75, 3.05) is 11.9 Å². The van der Waals surface area contributed by atoms with Crippen LogP contribution in [0.2, 0.25) is 5.15 Å². The number of hydrogen-bond acceptors (Lipinski definition) is 4. The molecule has 5 nitrogen and oxygen atoms in total. The highest BCUT2D eigenvalue weighted by Crippen LogP contribution is 2.34. The van der Waals surface area contributed by atoms with E-state index in [2.05, 4.69) is 25.7 Å². The van der Waals surface area contributed by atoms with Crippen LogP contribution in [0, 0.1) is 0 Å². The Hall–Kier alpha value is -1.83. The van der Waals surface area contributed by atoms with Crippen LogP contribution in [0.1, 0.15) is 11.3 Å². The summed E-state index contributed by atoms with van der Waals surface area (Å²) >= 11 is 5.49. The number of halogens is 4. The second-order valence-electron chi connectivity index (χ2n) is 3.67. The summed E-state index contributed by atoms with van der Waals surface area (Å²) < 4.78 is 37.4. The zero-order valence-electron chi connectivity index (χ0n) is 9.50. The number of aromatic amines is 1. The van der Waals surface area contributed by atoms with Crippen LogP contribution in [0.25, 0.3) is 0 Å². The number of nitrogens with one attached hydrogen (secondary N) is 2. The van der Waals surface area contributed by atoms with Crippen molar-refractivity contribution in [2.45, 2.75) is 12.6 Å². The Labute approximate surface area is 111 Å². The van der Waals surface area contributed by atoms with E-state index in [1.54, 1.807) is 6.20 Å². The lowest BCUT2D eigenvalue weighted by atomic mass is 10.2. The lowest BCUT2D eigenvalue weighted by Crippen LogP contribution is -2.10. The molecular formula is C10H9ClF3N5. The van der Waals surface area contributed by atoms with E-state index in [0.29, 0.717) is 13.0 Å². The van der Waals surface area contributed by atoms with Gasteiger partial charge in [-0.2, -0.15) is 28.6 Å². The molecule has 0 amide bonds. The third kappa shape index (κ3) is 3.57. The first-order valence-electron chi connectivity index (χ1n) is 5.29. The summed E-state index contributed by atoms with van der Waals surface area (Å²) in [6, 6.07) is 2.13. The third-order valence-corrected chi connectivity index (χ3v) is 2.59. The quantitative estimate of drug-likeness (QED) is 0.850. The maximum Gasteiger partial charge on any atom is 0.419 e. The SMILES string of the molecule is FC(F)(F)c1ccc(NCCc2cn[nH]n2)nc1Cl. The fourth-order valence-corrected chi connectivity index (χ4v) is 1.67. The van der Waals surface area contributed by atoms with Crippen molar-refractivity contribution < 1.29 is 13.2 Å². The molecule has 2 rings (SSSR count). The standard InChI is InChI=1S/C10H9ClF3N5/c11-9-7(10(12,13)14)1-2-8(17-9)15-4-3-6-5-16-19-18-6/h1-2,5H,3-4H2,(H,15,17)(H,16,18,19). The van der Waals surface area contributed by atoms with Gasteiger partial charge < -0.3 is 5.32 Å². The van der Waals surface area contributed by atoms with Gasteiger partial charge in [0, 0.05) is 13.0 Å². The predicted molar refractivity (Wildman–Crippen MR) is 62.8 cm³/mol. The van der Waals surface area contributed by atoms with Gasteiger partial charge in [-0.25, -0.2) is 4.98 Å². The minimum atomic E-state index is -4.50. The first-order valence-corrected chi connectivity index (χ1v) is 5.67. The van der Waals surface area contributed by atoms with E-state index in [1.165, 1.54) is 6.07 Å². The van der Waals surface area contributed by atoms with Gasteiger partial charge in [-0.1, -0.05) is 11.6 Å². The minimum Gasteiger partial charge on any atom is -0.370 e. The fourth-order valence-electron chi connectivity index (χ4n) is 1.41. The molecule has 0 aliphatic carbocycles. The minimum absolute atomic E-state index is 0.279. The van der Waals surface area contributed by atoms with Gasteiger partial charge in [-0.3, -0.25) is 0 Å². The largest absolute Gasteiger partial charge is 0.419 e. The topological polar surface area (TPSA) is 66.5 Å². The zero-order valence-corrected chi connectivity index (χ0v) is 10.3. The molecule has 2 N–H and O–H groups in total. The van der Waals surface area contributed by atoms with Crippen LogP contribution >= 0.6 is 11.6 Å². The van der Waals surface area contributed by atoms with E-state index in [4.69, 9.17) is 11.6 Å². The van der Waals surface area contributed by atoms with Crippen LogP contribution in [0.15, 0.2) is 18.3 Å². The van der Waals surface area contributed by atoms with E-state index in [9.17, 15) is 13.2 Å². The Morgan fingerprint density at radius 2 is 2.11 bits per heavy atom. The van der Waals surface area contributed by atoms with Gasteiger partial charge in [-0.15, -0.1) is 0 Å². The van der Waals surface area contributed by atoms with Gasteiger partial charge in [0.2, 0.25) is 0 Å². The lowest BCUT2D eigenvalue weighted by molar-refractivity contribution is -0.137. The van der Waals surface area contributed by atoms with Gasteiger partial charge in [-0.05, 0) is 12.1 Å². The van der Waals surface area contributed by atoms with Crippen LogP contribution in [-0.4, -0.2) is 26.9 Å².